The number of carboxylic acid groups (broad SMARTS) is 1. The van der Waals surface area contributed by atoms with Crippen molar-refractivity contribution in [3.63, 3.8) is 0 Å². The van der Waals surface area contributed by atoms with Crippen molar-refractivity contribution in [2.75, 3.05) is 0 Å². The van der Waals surface area contributed by atoms with Gasteiger partial charge in [-0.3, -0.25) is 0 Å². The van der Waals surface area contributed by atoms with Crippen LogP contribution in [0.15, 0.2) is 0 Å². The van der Waals surface area contributed by atoms with Gasteiger partial charge in [-0.15, -0.1) is 0 Å². The Morgan fingerprint density at radius 2 is 2.17 bits per heavy atom. The summed E-state index contributed by atoms with van der Waals surface area (Å²) < 4.78 is 3.58. The van der Waals surface area contributed by atoms with Crippen molar-refractivity contribution in [1.82, 2.24) is 0 Å². The molecule has 0 saturated carbocycles. The van der Waals surface area contributed by atoms with Gasteiger partial charge in [-0.2, -0.15) is 0 Å². The van der Waals surface area contributed by atoms with Crippen LogP contribution in [-0.2, 0) is 4.52 Å². The summed E-state index contributed by atoms with van der Waals surface area (Å²) in [6.07, 6.45) is -1.28. The SMILES string of the molecule is O=C(O)OP.[H-].[Li+]. The van der Waals surface area contributed by atoms with Gasteiger partial charge in [0.05, 0.1) is 9.47 Å². The maximum absolute atomic E-state index is 9.12. The van der Waals surface area contributed by atoms with Crippen molar-refractivity contribution in [3.05, 3.63) is 0 Å². The monoisotopic (exact) mass is 102 g/mol. The Balaban J connectivity index is -0.0000000800. The Labute approximate surface area is 51.0 Å². The number of hydrogen-bond donors (Lipinski definition) is 1. The average molecular weight is 102 g/mol. The van der Waals surface area contributed by atoms with Gasteiger partial charge < -0.3 is 11.1 Å². The van der Waals surface area contributed by atoms with E-state index in [-0.39, 0.29) is 20.3 Å². The fraction of sp³-hybridized carbons (Fsp3) is 0. The third-order valence-electron chi connectivity index (χ3n) is 0.101. The van der Waals surface area contributed by atoms with Crippen molar-refractivity contribution < 1.29 is 34.7 Å². The molecule has 6 heavy (non-hydrogen) atoms. The summed E-state index contributed by atoms with van der Waals surface area (Å²) in [5.74, 6) is 0. The maximum Gasteiger partial charge on any atom is 1.00 e. The summed E-state index contributed by atoms with van der Waals surface area (Å²) in [5.41, 5.74) is 0. The van der Waals surface area contributed by atoms with Crippen LogP contribution >= 0.6 is 9.47 Å². The molecule has 5 heteroatoms. The van der Waals surface area contributed by atoms with Gasteiger partial charge >= 0.3 is 25.0 Å². The van der Waals surface area contributed by atoms with Gasteiger partial charge in [0, 0.05) is 0 Å². The van der Waals surface area contributed by atoms with Crippen molar-refractivity contribution >= 4 is 15.6 Å². The number of rotatable bonds is 0. The van der Waals surface area contributed by atoms with Gasteiger partial charge in [-0.05, 0) is 0 Å². The van der Waals surface area contributed by atoms with E-state index in [1.807, 2.05) is 0 Å². The fourth-order valence-corrected chi connectivity index (χ4v) is 0. The Morgan fingerprint density at radius 1 is 2.00 bits per heavy atom. The van der Waals surface area contributed by atoms with Crippen LogP contribution in [0.2, 0.25) is 0 Å². The molecule has 0 aromatic carbocycles. The molecule has 0 aliphatic carbocycles. The second-order valence-corrected chi connectivity index (χ2v) is 0.619. The summed E-state index contributed by atoms with van der Waals surface area (Å²) >= 11 is 0. The molecule has 0 radical (unpaired) electrons. The topological polar surface area (TPSA) is 46.5 Å². The minimum absolute atomic E-state index is 0. The first-order valence-corrected chi connectivity index (χ1v) is 1.34. The molecular weight excluding hydrogens is 97.9 g/mol. The van der Waals surface area contributed by atoms with Crippen molar-refractivity contribution in [3.8, 4) is 0 Å². The molecule has 0 fully saturated rings. The molecule has 0 aliphatic rings. The predicted molar refractivity (Wildman–Crippen MR) is 19.9 cm³/mol. The zero-order chi connectivity index (χ0) is 4.28. The predicted octanol–water partition coefficient (Wildman–Crippen LogP) is -2.41. The van der Waals surface area contributed by atoms with Crippen molar-refractivity contribution in [1.29, 1.82) is 0 Å². The minimum atomic E-state index is -1.28. The molecule has 0 saturated heterocycles. The van der Waals surface area contributed by atoms with E-state index in [0.29, 0.717) is 0 Å². The molecular formula is CH4LiO3P. The fourth-order valence-electron chi connectivity index (χ4n) is 0. The first kappa shape index (κ1) is 9.57. The zero-order valence-electron chi connectivity index (χ0n) is 4.34. The molecule has 0 aromatic rings. The third-order valence-corrected chi connectivity index (χ3v) is 0.302. The van der Waals surface area contributed by atoms with Gasteiger partial charge in [-0.1, -0.05) is 0 Å². The molecule has 0 aliphatic heterocycles. The Morgan fingerprint density at radius 3 is 2.17 bits per heavy atom. The summed E-state index contributed by atoms with van der Waals surface area (Å²) in [5, 5.41) is 7.48. The van der Waals surface area contributed by atoms with Gasteiger partial charge in [0.15, 0.2) is 0 Å². The van der Waals surface area contributed by atoms with Crippen LogP contribution in [0, 0.1) is 0 Å². The molecule has 0 heterocycles. The molecule has 1 N–H and O–H groups in total. The molecule has 32 valence electrons. The molecule has 3 nitrogen and oxygen atoms in total. The van der Waals surface area contributed by atoms with E-state index >= 15 is 0 Å². The summed E-state index contributed by atoms with van der Waals surface area (Å²) in [6, 6.07) is 0. The second kappa shape index (κ2) is 5.30. The standard InChI is InChI=1S/CH3O3P.Li.H/c2-1(3)4-5;;/h5H2,(H,2,3);;/q;+1;-1. The molecule has 0 rings (SSSR count). The van der Waals surface area contributed by atoms with Crippen LogP contribution in [0.5, 0.6) is 0 Å². The molecule has 1 atom stereocenters. The smallest absolute Gasteiger partial charge is 1.00 e. The quantitative estimate of drug-likeness (QED) is 0.273. The maximum atomic E-state index is 9.12. The van der Waals surface area contributed by atoms with E-state index in [0.717, 1.165) is 0 Å². The van der Waals surface area contributed by atoms with E-state index in [1.54, 1.807) is 9.47 Å². The van der Waals surface area contributed by atoms with Crippen molar-refractivity contribution in [2.24, 2.45) is 0 Å². The minimum Gasteiger partial charge on any atom is -1.00 e. The first-order valence-electron chi connectivity index (χ1n) is 0.868. The molecule has 0 bridgehead atoms. The van der Waals surface area contributed by atoms with Crippen LogP contribution in [-0.4, -0.2) is 11.3 Å². The van der Waals surface area contributed by atoms with E-state index in [9.17, 15) is 0 Å². The molecule has 1 unspecified atom stereocenters. The summed E-state index contributed by atoms with van der Waals surface area (Å²) in [4.78, 5) is 9.12. The van der Waals surface area contributed by atoms with E-state index in [4.69, 9.17) is 9.90 Å². The van der Waals surface area contributed by atoms with Crippen LogP contribution < -0.4 is 18.9 Å². The van der Waals surface area contributed by atoms with Gasteiger partial charge in [0.2, 0.25) is 0 Å². The Hall–Kier alpha value is 0.297. The second-order valence-electron chi connectivity index (χ2n) is 0.384. The van der Waals surface area contributed by atoms with Crippen LogP contribution in [0.1, 0.15) is 1.43 Å². The molecule has 0 amide bonds. The van der Waals surface area contributed by atoms with Crippen LogP contribution in [0.3, 0.4) is 0 Å². The Bertz CT molecular complexity index is 50.2. The number of carbonyl (C=O) groups is 1. The van der Waals surface area contributed by atoms with Crippen molar-refractivity contribution in [2.45, 2.75) is 0 Å². The zero-order valence-corrected chi connectivity index (χ0v) is 4.50. The van der Waals surface area contributed by atoms with E-state index in [1.165, 1.54) is 0 Å². The largest absolute Gasteiger partial charge is 1.00 e. The first-order chi connectivity index (χ1) is 2.27. The molecule has 0 spiro atoms. The summed E-state index contributed by atoms with van der Waals surface area (Å²) in [7, 11) is 1.59. The number of hydrogen-bond acceptors (Lipinski definition) is 2. The van der Waals surface area contributed by atoms with Gasteiger partial charge in [0.1, 0.15) is 0 Å². The van der Waals surface area contributed by atoms with Gasteiger partial charge in [0.25, 0.3) is 0 Å². The van der Waals surface area contributed by atoms with E-state index in [2.05, 4.69) is 4.52 Å². The van der Waals surface area contributed by atoms with Crippen LogP contribution in [0.25, 0.3) is 0 Å². The van der Waals surface area contributed by atoms with E-state index < -0.39 is 6.16 Å². The summed E-state index contributed by atoms with van der Waals surface area (Å²) in [6.45, 7) is 0. The van der Waals surface area contributed by atoms with Gasteiger partial charge in [-0.25, -0.2) is 4.79 Å². The van der Waals surface area contributed by atoms with Crippen LogP contribution in [0.4, 0.5) is 4.79 Å². The molecule has 0 aromatic heterocycles. The average Bonchev–Trinajstić information content (AvgIpc) is 1.38. The third kappa shape index (κ3) is 8.85. The normalized spacial score (nSPS) is 5.50. The Kier molecular flexibility index (Phi) is 8.45.